The van der Waals surface area contributed by atoms with Gasteiger partial charge in [0.05, 0.1) is 28.7 Å². The van der Waals surface area contributed by atoms with Crippen LogP contribution in [0.1, 0.15) is 12.6 Å². The van der Waals surface area contributed by atoms with E-state index in [-0.39, 0.29) is 39.5 Å². The maximum absolute atomic E-state index is 13.3. The number of rotatable bonds is 7. The second-order valence-corrected chi connectivity index (χ2v) is 10.9. The summed E-state index contributed by atoms with van der Waals surface area (Å²) in [6.45, 7) is 1.37. The zero-order valence-electron chi connectivity index (χ0n) is 20.9. The molecular weight excluding hydrogens is 585 g/mol. The molecule has 5 rings (SSSR count). The van der Waals surface area contributed by atoms with Gasteiger partial charge in [0.15, 0.2) is 20.5 Å². The minimum Gasteiger partial charge on any atom is -0.428 e. The van der Waals surface area contributed by atoms with Crippen LogP contribution in [0.25, 0.3) is 39.3 Å². The minimum atomic E-state index is -4.74. The van der Waals surface area contributed by atoms with Crippen molar-refractivity contribution in [3.63, 3.8) is 0 Å². The Morgan fingerprint density at radius 3 is 2.32 bits per heavy atom. The van der Waals surface area contributed by atoms with Crippen molar-refractivity contribution in [1.29, 1.82) is 0 Å². The average Bonchev–Trinajstić information content (AvgIpc) is 3.46. The highest BCUT2D eigenvalue weighted by molar-refractivity contribution is 7.91. The molecule has 0 saturated heterocycles. The van der Waals surface area contributed by atoms with Crippen molar-refractivity contribution in [2.75, 3.05) is 5.75 Å². The number of imidazole rings is 1. The number of alkyl halides is 7. The summed E-state index contributed by atoms with van der Waals surface area (Å²) in [5.74, 6) is -0.982. The summed E-state index contributed by atoms with van der Waals surface area (Å²) in [5, 5.41) is 3.80. The SMILES string of the molecule is CCS(=O)(=O)c1nn2c(-c3ccc(OC(F)(F)C(F)F)cc3)ccnc2c1-c1nc2cc(C(F)(F)F)ncc2n1C. The number of nitrogens with zero attached hydrogens (tertiary/aromatic N) is 6. The predicted molar refractivity (Wildman–Crippen MR) is 130 cm³/mol. The fourth-order valence-electron chi connectivity index (χ4n) is 4.06. The zero-order chi connectivity index (χ0) is 29.9. The molecule has 1 aromatic carbocycles. The molecule has 17 heteroatoms. The van der Waals surface area contributed by atoms with E-state index in [4.69, 9.17) is 0 Å². The van der Waals surface area contributed by atoms with Gasteiger partial charge >= 0.3 is 18.7 Å². The monoisotopic (exact) mass is 602 g/mol. The number of aryl methyl sites for hydroxylation is 1. The highest BCUT2D eigenvalue weighted by atomic mass is 32.2. The molecule has 0 saturated carbocycles. The number of sulfone groups is 1. The fraction of sp³-hybridized carbons (Fsp3) is 0.250. The number of aromatic nitrogens is 6. The molecule has 0 radical (unpaired) electrons. The van der Waals surface area contributed by atoms with Crippen molar-refractivity contribution in [1.82, 2.24) is 29.1 Å². The number of hydrogen-bond acceptors (Lipinski definition) is 7. The lowest BCUT2D eigenvalue weighted by atomic mass is 10.1. The molecule has 0 N–H and O–H groups in total. The molecule has 0 bridgehead atoms. The first kappa shape index (κ1) is 28.3. The lowest BCUT2D eigenvalue weighted by Crippen LogP contribution is -2.33. The van der Waals surface area contributed by atoms with Crippen molar-refractivity contribution >= 4 is 26.5 Å². The second-order valence-electron chi connectivity index (χ2n) is 8.69. The van der Waals surface area contributed by atoms with Gasteiger partial charge in [-0.2, -0.15) is 35.8 Å². The topological polar surface area (TPSA) is 104 Å². The van der Waals surface area contributed by atoms with Crippen LogP contribution in [-0.4, -0.2) is 55.8 Å². The summed E-state index contributed by atoms with van der Waals surface area (Å²) in [4.78, 5) is 11.9. The zero-order valence-corrected chi connectivity index (χ0v) is 21.7. The van der Waals surface area contributed by atoms with Crippen LogP contribution in [0.3, 0.4) is 0 Å². The van der Waals surface area contributed by atoms with E-state index in [1.807, 2.05) is 0 Å². The third-order valence-corrected chi connectivity index (χ3v) is 7.74. The van der Waals surface area contributed by atoms with E-state index >= 15 is 0 Å². The number of pyridine rings is 1. The van der Waals surface area contributed by atoms with Crippen molar-refractivity contribution in [3.8, 4) is 28.4 Å². The Morgan fingerprint density at radius 1 is 1.02 bits per heavy atom. The lowest BCUT2D eigenvalue weighted by molar-refractivity contribution is -0.253. The fourth-order valence-corrected chi connectivity index (χ4v) is 5.03. The third-order valence-electron chi connectivity index (χ3n) is 6.10. The molecule has 0 aliphatic rings. The molecule has 0 atom stereocenters. The molecule has 0 spiro atoms. The third kappa shape index (κ3) is 4.93. The summed E-state index contributed by atoms with van der Waals surface area (Å²) >= 11 is 0. The van der Waals surface area contributed by atoms with Gasteiger partial charge in [0.1, 0.15) is 22.8 Å². The van der Waals surface area contributed by atoms with E-state index in [2.05, 4.69) is 24.8 Å². The van der Waals surface area contributed by atoms with Crippen LogP contribution < -0.4 is 4.74 Å². The quantitative estimate of drug-likeness (QED) is 0.230. The van der Waals surface area contributed by atoms with Gasteiger partial charge in [-0.05, 0) is 36.4 Å². The van der Waals surface area contributed by atoms with Crippen molar-refractivity contribution in [3.05, 3.63) is 54.5 Å². The van der Waals surface area contributed by atoms with Crippen molar-refractivity contribution in [2.24, 2.45) is 7.05 Å². The van der Waals surface area contributed by atoms with Gasteiger partial charge < -0.3 is 9.30 Å². The Morgan fingerprint density at radius 2 is 1.71 bits per heavy atom. The van der Waals surface area contributed by atoms with Gasteiger partial charge in [0.2, 0.25) is 0 Å². The Bertz CT molecular complexity index is 1880. The van der Waals surface area contributed by atoms with Gasteiger partial charge in [-0.25, -0.2) is 27.9 Å². The van der Waals surface area contributed by atoms with Crippen LogP contribution >= 0.6 is 0 Å². The summed E-state index contributed by atoms with van der Waals surface area (Å²) in [7, 11) is -2.59. The lowest BCUT2D eigenvalue weighted by Gasteiger charge is -2.16. The van der Waals surface area contributed by atoms with Crippen LogP contribution in [0.15, 0.2) is 53.8 Å². The summed E-state index contributed by atoms with van der Waals surface area (Å²) in [6, 6.07) is 6.73. The van der Waals surface area contributed by atoms with E-state index in [0.29, 0.717) is 5.56 Å². The van der Waals surface area contributed by atoms with Gasteiger partial charge in [-0.15, -0.1) is 0 Å². The molecule has 41 heavy (non-hydrogen) atoms. The Balaban J connectivity index is 1.70. The van der Waals surface area contributed by atoms with Crippen LogP contribution in [0, 0.1) is 0 Å². The number of fused-ring (bicyclic) bond motifs is 2. The maximum Gasteiger partial charge on any atom is 0.461 e. The molecule has 0 unspecified atom stereocenters. The van der Waals surface area contributed by atoms with E-state index in [1.54, 1.807) is 0 Å². The summed E-state index contributed by atoms with van der Waals surface area (Å²) in [6.07, 6.45) is -11.2. The Kier molecular flexibility index (Phi) is 6.67. The molecule has 0 amide bonds. The van der Waals surface area contributed by atoms with Gasteiger partial charge in [0, 0.05) is 18.8 Å². The normalized spacial score (nSPS) is 13.0. The number of ether oxygens (including phenoxy) is 1. The van der Waals surface area contributed by atoms with Crippen LogP contribution in [0.5, 0.6) is 5.75 Å². The van der Waals surface area contributed by atoms with Gasteiger partial charge in [0.25, 0.3) is 0 Å². The van der Waals surface area contributed by atoms with E-state index in [1.165, 1.54) is 42.9 Å². The van der Waals surface area contributed by atoms with E-state index in [9.17, 15) is 39.2 Å². The first-order chi connectivity index (χ1) is 19.1. The first-order valence-electron chi connectivity index (χ1n) is 11.6. The molecule has 0 aliphatic heterocycles. The molecule has 0 aliphatic carbocycles. The molecule has 5 aromatic rings. The molecular formula is C24H17F7N6O3S. The van der Waals surface area contributed by atoms with Crippen molar-refractivity contribution in [2.45, 2.75) is 30.7 Å². The Labute approximate surface area is 226 Å². The largest absolute Gasteiger partial charge is 0.461 e. The minimum absolute atomic E-state index is 0.0264. The highest BCUT2D eigenvalue weighted by Crippen LogP contribution is 2.36. The summed E-state index contributed by atoms with van der Waals surface area (Å²) in [5.41, 5.74) is -0.700. The standard InChI is InChI=1S/C24H17F7N6O3S/c1-3-41(38,39)21-18(20-34-14-10-17(23(27,28)29)33-11-16(14)36(20)2)19-32-9-8-15(37(19)35-21)12-4-6-13(7-5-12)40-24(30,31)22(25)26/h4-11,22H,3H2,1-2H3. The smallest absolute Gasteiger partial charge is 0.428 e. The average molecular weight is 602 g/mol. The number of halogens is 7. The molecule has 9 nitrogen and oxygen atoms in total. The van der Waals surface area contributed by atoms with E-state index < -0.39 is 45.0 Å². The highest BCUT2D eigenvalue weighted by Gasteiger charge is 2.44. The van der Waals surface area contributed by atoms with Crippen LogP contribution in [-0.2, 0) is 23.1 Å². The number of hydrogen-bond donors (Lipinski definition) is 0. The maximum atomic E-state index is 13.3. The van der Waals surface area contributed by atoms with Crippen molar-refractivity contribution < 1.29 is 43.9 Å². The molecule has 0 fully saturated rings. The summed E-state index contributed by atoms with van der Waals surface area (Å²) < 4.78 is 124. The predicted octanol–water partition coefficient (Wildman–Crippen LogP) is 5.39. The Hall–Kier alpha value is -4.28. The van der Waals surface area contributed by atoms with Gasteiger partial charge in [-0.1, -0.05) is 6.92 Å². The van der Waals surface area contributed by atoms with Gasteiger partial charge in [-0.3, -0.25) is 0 Å². The number of benzene rings is 1. The van der Waals surface area contributed by atoms with Crippen LogP contribution in [0.2, 0.25) is 0 Å². The first-order valence-corrected chi connectivity index (χ1v) is 13.2. The van der Waals surface area contributed by atoms with E-state index in [0.717, 1.165) is 28.9 Å². The second kappa shape index (κ2) is 9.67. The molecule has 4 heterocycles. The van der Waals surface area contributed by atoms with Crippen LogP contribution in [0.4, 0.5) is 30.7 Å². The molecule has 4 aromatic heterocycles. The molecule has 216 valence electrons.